The molecule has 4 aliphatic rings. The molecule has 0 spiro atoms. The third kappa shape index (κ3) is 3.41. The molecular weight excluding hydrogens is 356 g/mol. The van der Waals surface area contributed by atoms with Crippen molar-refractivity contribution in [1.82, 2.24) is 0 Å². The molecule has 29 heavy (non-hydrogen) atoms. The van der Waals surface area contributed by atoms with Crippen LogP contribution in [0.5, 0.6) is 0 Å². The highest BCUT2D eigenvalue weighted by Crippen LogP contribution is 2.68. The van der Waals surface area contributed by atoms with Crippen molar-refractivity contribution >= 4 is 11.6 Å². The first-order chi connectivity index (χ1) is 13.8. The van der Waals surface area contributed by atoms with Crippen LogP contribution in [0.3, 0.4) is 0 Å². The van der Waals surface area contributed by atoms with Crippen LogP contribution in [0.25, 0.3) is 0 Å². The molecule has 4 fully saturated rings. The van der Waals surface area contributed by atoms with Gasteiger partial charge in [0.1, 0.15) is 11.6 Å². The van der Waals surface area contributed by atoms with Crippen molar-refractivity contribution in [3.8, 4) is 11.8 Å². The molecule has 0 radical (unpaired) electrons. The summed E-state index contributed by atoms with van der Waals surface area (Å²) >= 11 is 0. The van der Waals surface area contributed by atoms with Gasteiger partial charge in [-0.2, -0.15) is 0 Å². The van der Waals surface area contributed by atoms with Gasteiger partial charge in [0.15, 0.2) is 0 Å². The van der Waals surface area contributed by atoms with Crippen molar-refractivity contribution in [3.05, 3.63) is 0 Å². The van der Waals surface area contributed by atoms with E-state index >= 15 is 0 Å². The molecule has 0 saturated heterocycles. The fraction of sp³-hybridized carbons (Fsp3) is 0.852. The van der Waals surface area contributed by atoms with E-state index < -0.39 is 0 Å². The molecule has 4 saturated carbocycles. The highest BCUT2D eigenvalue weighted by atomic mass is 16.1. The van der Waals surface area contributed by atoms with E-state index in [-0.39, 0.29) is 11.2 Å². The number of ketones is 2. The first kappa shape index (κ1) is 21.1. The second-order valence-electron chi connectivity index (χ2n) is 11.3. The Bertz CT molecular complexity index is 727. The lowest BCUT2D eigenvalue weighted by Gasteiger charge is -2.62. The molecule has 0 N–H and O–H groups in total. The summed E-state index contributed by atoms with van der Waals surface area (Å²) in [6.07, 6.45) is 12.9. The van der Waals surface area contributed by atoms with Gasteiger partial charge in [-0.1, -0.05) is 26.2 Å². The lowest BCUT2D eigenvalue weighted by Crippen LogP contribution is -2.55. The Kier molecular flexibility index (Phi) is 5.73. The molecule has 160 valence electrons. The Labute approximate surface area is 178 Å². The maximum absolute atomic E-state index is 12.4. The largest absolute Gasteiger partial charge is 0.300 e. The monoisotopic (exact) mass is 396 g/mol. The minimum Gasteiger partial charge on any atom is -0.300 e. The second kappa shape index (κ2) is 7.86. The summed E-state index contributed by atoms with van der Waals surface area (Å²) in [6, 6.07) is 0. The minimum absolute atomic E-state index is 0.244. The molecule has 0 amide bonds. The predicted octanol–water partition coefficient (Wildman–Crippen LogP) is 6.22. The van der Waals surface area contributed by atoms with Gasteiger partial charge in [-0.3, -0.25) is 9.59 Å². The van der Waals surface area contributed by atoms with E-state index in [1.165, 1.54) is 51.4 Å². The number of Topliss-reactive ketones (excluding diaryl/α,β-unsaturated/α-hetero) is 2. The van der Waals surface area contributed by atoms with Gasteiger partial charge in [-0.25, -0.2) is 0 Å². The number of hydrogen-bond acceptors (Lipinski definition) is 2. The summed E-state index contributed by atoms with van der Waals surface area (Å²) in [4.78, 5) is 23.7. The van der Waals surface area contributed by atoms with Crippen LogP contribution in [0.1, 0.15) is 98.3 Å². The van der Waals surface area contributed by atoms with Gasteiger partial charge in [0, 0.05) is 24.7 Å². The molecule has 4 aliphatic carbocycles. The van der Waals surface area contributed by atoms with Gasteiger partial charge < -0.3 is 0 Å². The first-order valence-corrected chi connectivity index (χ1v) is 12.3. The standard InChI is InChI=1S/C27H40O2/c1-18(28)8-5-6-9-20-10-7-11-21-12-13-22-24-15-14-23(19(2)29)26(24,3)17-16-25(22)27(20,21)4/h20-25H,5,7-8,10-17H2,1-4H3/t20?,21-,22-,23+,24-,25-,26+,27-/m0/s1. The highest BCUT2D eigenvalue weighted by molar-refractivity contribution is 5.79. The smallest absolute Gasteiger partial charge is 0.133 e. The first-order valence-electron chi connectivity index (χ1n) is 12.3. The summed E-state index contributed by atoms with van der Waals surface area (Å²) in [5, 5.41) is 0. The van der Waals surface area contributed by atoms with Crippen LogP contribution < -0.4 is 0 Å². The summed E-state index contributed by atoms with van der Waals surface area (Å²) < 4.78 is 0. The Morgan fingerprint density at radius 1 is 0.931 bits per heavy atom. The molecule has 4 rings (SSSR count). The molecule has 0 aromatic rings. The Morgan fingerprint density at radius 3 is 2.45 bits per heavy atom. The molecule has 0 bridgehead atoms. The zero-order valence-electron chi connectivity index (χ0n) is 19.1. The maximum Gasteiger partial charge on any atom is 0.133 e. The summed E-state index contributed by atoms with van der Waals surface area (Å²) in [5.41, 5.74) is 0.577. The number of rotatable bonds is 3. The van der Waals surface area contributed by atoms with E-state index in [1.807, 2.05) is 6.92 Å². The maximum atomic E-state index is 12.4. The summed E-state index contributed by atoms with van der Waals surface area (Å²) in [7, 11) is 0. The third-order valence-corrected chi connectivity index (χ3v) is 10.1. The van der Waals surface area contributed by atoms with Gasteiger partial charge in [-0.15, -0.1) is 5.92 Å². The number of carbonyl (C=O) groups excluding carboxylic acids is 2. The molecule has 8 atom stereocenters. The molecule has 0 aromatic carbocycles. The van der Waals surface area contributed by atoms with Crippen LogP contribution in [0.2, 0.25) is 0 Å². The average molecular weight is 397 g/mol. The highest BCUT2D eigenvalue weighted by Gasteiger charge is 2.61. The lowest BCUT2D eigenvalue weighted by atomic mass is 9.42. The molecule has 0 aromatic heterocycles. The SMILES string of the molecule is CC(=O)CCC#CC1CCC[C@H]2CC[C@H]3[C@@H]4CC[C@H](C(C)=O)[C@@]4(C)CC[C@@H]3[C@@]12C. The zero-order valence-corrected chi connectivity index (χ0v) is 19.1. The molecular formula is C27H40O2. The van der Waals surface area contributed by atoms with E-state index in [2.05, 4.69) is 25.7 Å². The van der Waals surface area contributed by atoms with E-state index in [0.29, 0.717) is 29.5 Å². The van der Waals surface area contributed by atoms with Crippen molar-refractivity contribution in [2.24, 2.45) is 46.3 Å². The molecule has 1 unspecified atom stereocenters. The Balaban J connectivity index is 1.59. The van der Waals surface area contributed by atoms with Crippen molar-refractivity contribution in [2.45, 2.75) is 98.3 Å². The molecule has 0 heterocycles. The topological polar surface area (TPSA) is 34.1 Å². The van der Waals surface area contributed by atoms with Crippen LogP contribution in [-0.4, -0.2) is 11.6 Å². The van der Waals surface area contributed by atoms with E-state index in [0.717, 1.165) is 36.5 Å². The van der Waals surface area contributed by atoms with E-state index in [4.69, 9.17) is 0 Å². The van der Waals surface area contributed by atoms with Crippen LogP contribution >= 0.6 is 0 Å². The van der Waals surface area contributed by atoms with Gasteiger partial charge in [0.05, 0.1) is 0 Å². The van der Waals surface area contributed by atoms with Crippen LogP contribution in [-0.2, 0) is 9.59 Å². The average Bonchev–Trinajstić information content (AvgIpc) is 3.02. The van der Waals surface area contributed by atoms with Crippen LogP contribution in [0, 0.1) is 58.2 Å². The fourth-order valence-corrected chi connectivity index (χ4v) is 8.68. The minimum atomic E-state index is 0.244. The molecule has 0 aliphatic heterocycles. The number of hydrogen-bond donors (Lipinski definition) is 0. The Morgan fingerprint density at radius 2 is 1.72 bits per heavy atom. The number of carbonyl (C=O) groups is 2. The summed E-state index contributed by atoms with van der Waals surface area (Å²) in [6.45, 7) is 8.52. The quantitative estimate of drug-likeness (QED) is 0.530. The zero-order chi connectivity index (χ0) is 20.8. The fourth-order valence-electron chi connectivity index (χ4n) is 8.68. The van der Waals surface area contributed by atoms with Gasteiger partial charge in [0.25, 0.3) is 0 Å². The van der Waals surface area contributed by atoms with Crippen molar-refractivity contribution < 1.29 is 9.59 Å². The van der Waals surface area contributed by atoms with Crippen molar-refractivity contribution in [2.75, 3.05) is 0 Å². The van der Waals surface area contributed by atoms with Crippen molar-refractivity contribution in [1.29, 1.82) is 0 Å². The van der Waals surface area contributed by atoms with E-state index in [1.54, 1.807) is 6.92 Å². The van der Waals surface area contributed by atoms with Gasteiger partial charge in [0.2, 0.25) is 0 Å². The van der Waals surface area contributed by atoms with E-state index in [9.17, 15) is 9.59 Å². The molecule has 2 heteroatoms. The second-order valence-corrected chi connectivity index (χ2v) is 11.3. The molecule has 2 nitrogen and oxygen atoms in total. The third-order valence-electron chi connectivity index (χ3n) is 10.1. The predicted molar refractivity (Wildman–Crippen MR) is 117 cm³/mol. The number of fused-ring (bicyclic) bond motifs is 5. The van der Waals surface area contributed by atoms with Crippen LogP contribution in [0.4, 0.5) is 0 Å². The normalized spacial score (nSPS) is 45.9. The van der Waals surface area contributed by atoms with Gasteiger partial charge >= 0.3 is 0 Å². The van der Waals surface area contributed by atoms with Gasteiger partial charge in [-0.05, 0) is 99.7 Å². The Hall–Kier alpha value is -1.10. The van der Waals surface area contributed by atoms with Crippen LogP contribution in [0.15, 0.2) is 0 Å². The van der Waals surface area contributed by atoms with Crippen molar-refractivity contribution in [3.63, 3.8) is 0 Å². The lowest BCUT2D eigenvalue weighted by molar-refractivity contribution is -0.138. The summed E-state index contributed by atoms with van der Waals surface area (Å²) in [5.74, 6) is 11.7.